The van der Waals surface area contributed by atoms with Gasteiger partial charge in [0.25, 0.3) is 5.91 Å². The summed E-state index contributed by atoms with van der Waals surface area (Å²) in [7, 11) is 0. The van der Waals surface area contributed by atoms with Gasteiger partial charge in [-0.25, -0.2) is 9.78 Å². The number of amides is 1. The molecule has 0 saturated carbocycles. The Hall–Kier alpha value is -2.86. The molecular formula is C18H16ClN3O3. The smallest absolute Gasteiger partial charge is 0.340 e. The number of carbonyl (C=O) groups is 2. The molecule has 0 aliphatic heterocycles. The molecule has 3 rings (SSSR count). The number of esters is 1. The summed E-state index contributed by atoms with van der Waals surface area (Å²) in [6.07, 6.45) is 3.16. The van der Waals surface area contributed by atoms with Gasteiger partial charge < -0.3 is 14.6 Å². The Morgan fingerprint density at radius 1 is 1.24 bits per heavy atom. The van der Waals surface area contributed by atoms with Crippen molar-refractivity contribution in [2.45, 2.75) is 13.5 Å². The van der Waals surface area contributed by atoms with Crippen LogP contribution in [0.15, 0.2) is 48.8 Å². The largest absolute Gasteiger partial charge is 0.452 e. The van der Waals surface area contributed by atoms with Crippen molar-refractivity contribution in [2.24, 2.45) is 0 Å². The van der Waals surface area contributed by atoms with E-state index >= 15 is 0 Å². The molecule has 25 heavy (non-hydrogen) atoms. The molecule has 0 unspecified atom stereocenters. The highest BCUT2D eigenvalue weighted by Crippen LogP contribution is 2.22. The quantitative estimate of drug-likeness (QED) is 0.709. The van der Waals surface area contributed by atoms with Crippen LogP contribution >= 0.6 is 11.6 Å². The lowest BCUT2D eigenvalue weighted by Crippen LogP contribution is -2.21. The van der Waals surface area contributed by atoms with E-state index in [-0.39, 0.29) is 0 Å². The van der Waals surface area contributed by atoms with Crippen LogP contribution in [0.4, 0.5) is 5.82 Å². The summed E-state index contributed by atoms with van der Waals surface area (Å²) >= 11 is 5.73. The molecule has 0 radical (unpaired) electrons. The molecule has 0 spiro atoms. The zero-order chi connectivity index (χ0) is 17.8. The van der Waals surface area contributed by atoms with E-state index in [2.05, 4.69) is 10.3 Å². The molecule has 0 saturated heterocycles. The maximum absolute atomic E-state index is 12.3. The van der Waals surface area contributed by atoms with E-state index in [1.165, 1.54) is 6.20 Å². The third-order valence-electron chi connectivity index (χ3n) is 3.68. The highest BCUT2D eigenvalue weighted by Gasteiger charge is 2.17. The van der Waals surface area contributed by atoms with E-state index in [0.717, 1.165) is 17.4 Å². The van der Waals surface area contributed by atoms with E-state index in [0.29, 0.717) is 16.4 Å². The van der Waals surface area contributed by atoms with Gasteiger partial charge in [0.2, 0.25) is 0 Å². The molecule has 0 fully saturated rings. The van der Waals surface area contributed by atoms with Gasteiger partial charge in [-0.1, -0.05) is 29.8 Å². The van der Waals surface area contributed by atoms with E-state index in [1.54, 1.807) is 18.3 Å². The summed E-state index contributed by atoms with van der Waals surface area (Å²) in [6.45, 7) is 2.33. The average Bonchev–Trinajstić information content (AvgIpc) is 3.00. The maximum Gasteiger partial charge on any atom is 0.340 e. The number of para-hydroxylation sites is 1. The zero-order valence-corrected chi connectivity index (χ0v) is 14.3. The van der Waals surface area contributed by atoms with Gasteiger partial charge in [-0.15, -0.1) is 0 Å². The lowest BCUT2D eigenvalue weighted by atomic mass is 10.2. The van der Waals surface area contributed by atoms with Crippen molar-refractivity contribution < 1.29 is 14.3 Å². The predicted molar refractivity (Wildman–Crippen MR) is 95.8 cm³/mol. The molecule has 0 atom stereocenters. The maximum atomic E-state index is 12.3. The van der Waals surface area contributed by atoms with E-state index < -0.39 is 18.5 Å². The summed E-state index contributed by atoms with van der Waals surface area (Å²) in [5.74, 6) is -0.668. The summed E-state index contributed by atoms with van der Waals surface area (Å²) < 4.78 is 7.10. The Morgan fingerprint density at radius 3 is 2.76 bits per heavy atom. The molecule has 1 N–H and O–H groups in total. The fraction of sp³-hybridized carbons (Fsp3) is 0.167. The first-order chi connectivity index (χ1) is 12.1. The minimum Gasteiger partial charge on any atom is -0.452 e. The number of aromatic nitrogens is 2. The number of rotatable bonds is 5. The average molecular weight is 358 g/mol. The molecule has 2 aromatic heterocycles. The Kier molecular flexibility index (Phi) is 5.00. The Balaban J connectivity index is 1.66. The van der Waals surface area contributed by atoms with Crippen LogP contribution in [0, 0.1) is 0 Å². The molecule has 7 heteroatoms. The van der Waals surface area contributed by atoms with Gasteiger partial charge >= 0.3 is 5.97 Å². The number of benzene rings is 1. The molecule has 1 amide bonds. The number of carbonyl (C=O) groups excluding carboxylic acids is 2. The first-order valence-electron chi connectivity index (χ1n) is 7.75. The minimum absolute atomic E-state index is 0.341. The van der Waals surface area contributed by atoms with Gasteiger partial charge in [0.1, 0.15) is 5.82 Å². The number of aryl methyl sites for hydroxylation is 1. The van der Waals surface area contributed by atoms with Crippen molar-refractivity contribution in [3.63, 3.8) is 0 Å². The number of hydrogen-bond donors (Lipinski definition) is 1. The SMILES string of the molecule is CCn1cc(C(=O)OCC(=O)Nc2ccc(Cl)cn2)c2ccccc21. The second-order valence-electron chi connectivity index (χ2n) is 5.33. The zero-order valence-electron chi connectivity index (χ0n) is 13.5. The van der Waals surface area contributed by atoms with Gasteiger partial charge in [-0.05, 0) is 25.1 Å². The summed E-state index contributed by atoms with van der Waals surface area (Å²) in [6, 6.07) is 10.7. The van der Waals surface area contributed by atoms with Gasteiger partial charge in [0.15, 0.2) is 6.61 Å². The van der Waals surface area contributed by atoms with Crippen LogP contribution in [0.5, 0.6) is 0 Å². The summed E-state index contributed by atoms with van der Waals surface area (Å²) in [5.41, 5.74) is 1.39. The first-order valence-corrected chi connectivity index (χ1v) is 8.12. The van der Waals surface area contributed by atoms with Crippen molar-refractivity contribution in [3.05, 3.63) is 59.4 Å². The monoisotopic (exact) mass is 357 g/mol. The number of ether oxygens (including phenoxy) is 1. The molecule has 0 aliphatic carbocycles. The lowest BCUT2D eigenvalue weighted by molar-refractivity contribution is -0.119. The number of pyridine rings is 1. The molecule has 0 bridgehead atoms. The molecular weight excluding hydrogens is 342 g/mol. The molecule has 2 heterocycles. The summed E-state index contributed by atoms with van der Waals surface area (Å²) in [4.78, 5) is 28.2. The number of hydrogen-bond acceptors (Lipinski definition) is 4. The Bertz CT molecular complexity index is 919. The number of fused-ring (bicyclic) bond motifs is 1. The van der Waals surface area contributed by atoms with Crippen LogP contribution in [-0.4, -0.2) is 28.0 Å². The second kappa shape index (κ2) is 7.36. The standard InChI is InChI=1S/C18H16ClN3O3/c1-2-22-10-14(13-5-3-4-6-15(13)22)18(24)25-11-17(23)21-16-8-7-12(19)9-20-16/h3-10H,2,11H2,1H3,(H,20,21,23). The molecule has 128 valence electrons. The van der Waals surface area contributed by atoms with Crippen LogP contribution in [0.3, 0.4) is 0 Å². The predicted octanol–water partition coefficient (Wildman–Crippen LogP) is 3.51. The van der Waals surface area contributed by atoms with Crippen LogP contribution in [-0.2, 0) is 16.1 Å². The fourth-order valence-corrected chi connectivity index (χ4v) is 2.62. The molecule has 6 nitrogen and oxygen atoms in total. The third kappa shape index (κ3) is 3.80. The fourth-order valence-electron chi connectivity index (χ4n) is 2.51. The highest BCUT2D eigenvalue weighted by atomic mass is 35.5. The van der Waals surface area contributed by atoms with Gasteiger partial charge in [-0.2, -0.15) is 0 Å². The Labute approximate surface area is 149 Å². The lowest BCUT2D eigenvalue weighted by Gasteiger charge is -2.05. The van der Waals surface area contributed by atoms with E-state index in [4.69, 9.17) is 16.3 Å². The molecule has 1 aromatic carbocycles. The van der Waals surface area contributed by atoms with E-state index in [9.17, 15) is 9.59 Å². The summed E-state index contributed by atoms with van der Waals surface area (Å²) in [5, 5.41) is 3.81. The number of nitrogens with zero attached hydrogens (tertiary/aromatic N) is 2. The van der Waals surface area contributed by atoms with Gasteiger partial charge in [0, 0.05) is 29.8 Å². The Morgan fingerprint density at radius 2 is 2.04 bits per heavy atom. The first kappa shape index (κ1) is 17.0. The van der Waals surface area contributed by atoms with E-state index in [1.807, 2.05) is 35.8 Å². The second-order valence-corrected chi connectivity index (χ2v) is 5.77. The normalized spacial score (nSPS) is 10.6. The third-order valence-corrected chi connectivity index (χ3v) is 3.90. The van der Waals surface area contributed by atoms with Crippen LogP contribution in [0.2, 0.25) is 5.02 Å². The van der Waals surface area contributed by atoms with Crippen molar-refractivity contribution in [2.75, 3.05) is 11.9 Å². The number of nitrogens with one attached hydrogen (secondary N) is 1. The molecule has 0 aliphatic rings. The molecule has 3 aromatic rings. The van der Waals surface area contributed by atoms with Crippen molar-refractivity contribution in [1.29, 1.82) is 0 Å². The van der Waals surface area contributed by atoms with Gasteiger partial charge in [-0.3, -0.25) is 4.79 Å². The minimum atomic E-state index is -0.539. The number of halogens is 1. The van der Waals surface area contributed by atoms with Crippen molar-refractivity contribution >= 4 is 40.2 Å². The number of anilines is 1. The van der Waals surface area contributed by atoms with Crippen LogP contribution in [0.25, 0.3) is 10.9 Å². The van der Waals surface area contributed by atoms with Crippen molar-refractivity contribution in [1.82, 2.24) is 9.55 Å². The van der Waals surface area contributed by atoms with Crippen LogP contribution in [0.1, 0.15) is 17.3 Å². The van der Waals surface area contributed by atoms with Crippen molar-refractivity contribution in [3.8, 4) is 0 Å². The van der Waals surface area contributed by atoms with Gasteiger partial charge in [0.05, 0.1) is 10.6 Å². The van der Waals surface area contributed by atoms with Crippen LogP contribution < -0.4 is 5.32 Å². The topological polar surface area (TPSA) is 73.2 Å². The highest BCUT2D eigenvalue weighted by molar-refractivity contribution is 6.30.